The monoisotopic (exact) mass is 432 g/mol. The summed E-state index contributed by atoms with van der Waals surface area (Å²) >= 11 is -0.259. The summed E-state index contributed by atoms with van der Waals surface area (Å²) in [6.07, 6.45) is -18.4. The molecule has 0 aliphatic heterocycles. The molecular weight excluding hydrogens is 419 g/mol. The topological polar surface area (TPSA) is 66.9 Å². The van der Waals surface area contributed by atoms with E-state index in [1.54, 1.807) is 0 Å². The van der Waals surface area contributed by atoms with Crippen molar-refractivity contribution < 1.29 is 44.3 Å². The normalized spacial score (nSPS) is 14.2. The summed E-state index contributed by atoms with van der Waals surface area (Å²) in [5.41, 5.74) is -6.15. The van der Waals surface area contributed by atoms with Crippen LogP contribution in [0.2, 0.25) is 0 Å². The van der Waals surface area contributed by atoms with Gasteiger partial charge in [0, 0.05) is 0 Å². The van der Waals surface area contributed by atoms with Gasteiger partial charge in [0.15, 0.2) is 0 Å². The van der Waals surface area contributed by atoms with Crippen LogP contribution in [0.4, 0.5) is 49.4 Å². The number of amides is 2. The summed E-state index contributed by atoms with van der Waals surface area (Å²) in [5.74, 6) is 0. The van der Waals surface area contributed by atoms with Crippen molar-refractivity contribution in [3.8, 4) is 0 Å². The van der Waals surface area contributed by atoms with Gasteiger partial charge < -0.3 is 5.32 Å². The predicted octanol–water partition coefficient (Wildman–Crippen LogP) is 4.98. The second-order valence-electron chi connectivity index (χ2n) is 6.63. The Balaban J connectivity index is 3.18. The Morgan fingerprint density at radius 1 is 0.926 bits per heavy atom. The fourth-order valence-corrected chi connectivity index (χ4v) is 2.66. The van der Waals surface area contributed by atoms with E-state index >= 15 is 0 Å². The molecule has 1 aromatic heterocycles. The predicted molar refractivity (Wildman–Crippen MR) is 76.0 cm³/mol. The van der Waals surface area contributed by atoms with Crippen LogP contribution in [-0.4, -0.2) is 34.1 Å². The van der Waals surface area contributed by atoms with Crippen molar-refractivity contribution in [1.82, 2.24) is 15.5 Å². The smallest absolute Gasteiger partial charge is 0.316 e. The Morgan fingerprint density at radius 2 is 1.41 bits per heavy atom. The van der Waals surface area contributed by atoms with Crippen LogP contribution in [0.3, 0.4) is 0 Å². The molecule has 15 heteroatoms. The van der Waals surface area contributed by atoms with Gasteiger partial charge in [-0.1, -0.05) is 32.1 Å². The van der Waals surface area contributed by atoms with Gasteiger partial charge in [0.2, 0.25) is 15.7 Å². The molecule has 0 spiro atoms. The minimum Gasteiger partial charge on any atom is -0.316 e. The quantitative estimate of drug-likeness (QED) is 0.663. The highest BCUT2D eigenvalue weighted by Crippen LogP contribution is 2.49. The van der Waals surface area contributed by atoms with Gasteiger partial charge in [-0.15, -0.1) is 10.2 Å². The molecule has 2 amide bonds. The van der Waals surface area contributed by atoms with Crippen LogP contribution in [0.1, 0.15) is 32.2 Å². The van der Waals surface area contributed by atoms with Crippen LogP contribution in [-0.2, 0) is 6.18 Å². The molecule has 0 unspecified atom stereocenters. The Labute approximate surface area is 150 Å². The maximum Gasteiger partial charge on any atom is 0.445 e. The molecule has 0 fully saturated rings. The standard InChI is InChI=1S/C12H13F9N4OS/c1-8(2,3)4-9(11(16,17)18,12(19,20)21)23-6(26)22-7-25-24-5(27-7)10(13,14)15/h4H2,1-3H3,(H2,22,23,25,26). The van der Waals surface area contributed by atoms with Crippen LogP contribution in [0.25, 0.3) is 0 Å². The van der Waals surface area contributed by atoms with Gasteiger partial charge in [-0.05, 0) is 11.8 Å². The van der Waals surface area contributed by atoms with Crippen LogP contribution < -0.4 is 10.6 Å². The number of aromatic nitrogens is 2. The van der Waals surface area contributed by atoms with E-state index in [1.165, 1.54) is 5.32 Å². The number of hydrogen-bond donors (Lipinski definition) is 2. The maximum atomic E-state index is 13.3. The molecule has 1 aromatic rings. The summed E-state index contributed by atoms with van der Waals surface area (Å²) < 4.78 is 117. The van der Waals surface area contributed by atoms with Gasteiger partial charge in [0.1, 0.15) is 0 Å². The lowest BCUT2D eigenvalue weighted by molar-refractivity contribution is -0.310. The fourth-order valence-electron chi connectivity index (χ4n) is 2.05. The summed E-state index contributed by atoms with van der Waals surface area (Å²) in [6.45, 7) is 3.29. The zero-order valence-corrected chi connectivity index (χ0v) is 14.6. The first-order valence-electron chi connectivity index (χ1n) is 6.92. The molecule has 5 nitrogen and oxygen atoms in total. The van der Waals surface area contributed by atoms with Crippen molar-refractivity contribution in [3.63, 3.8) is 0 Å². The molecule has 0 radical (unpaired) electrons. The largest absolute Gasteiger partial charge is 0.445 e. The van der Waals surface area contributed by atoms with E-state index in [4.69, 9.17) is 0 Å². The third-order valence-electron chi connectivity index (χ3n) is 2.98. The van der Waals surface area contributed by atoms with Crippen molar-refractivity contribution in [2.45, 2.75) is 51.3 Å². The molecule has 0 bridgehead atoms. The summed E-state index contributed by atoms with van der Waals surface area (Å²) in [5, 5.41) is 5.29. The molecule has 1 heterocycles. The number of alkyl halides is 9. The summed E-state index contributed by atoms with van der Waals surface area (Å²) in [6, 6.07) is -2.03. The average molecular weight is 432 g/mol. The summed E-state index contributed by atoms with van der Waals surface area (Å²) in [7, 11) is 0. The van der Waals surface area contributed by atoms with E-state index < -0.39 is 52.1 Å². The molecule has 0 aliphatic rings. The fraction of sp³-hybridized carbons (Fsp3) is 0.750. The second kappa shape index (κ2) is 6.98. The molecule has 0 aromatic carbocycles. The minimum absolute atomic E-state index is 0.259. The third kappa shape index (κ3) is 5.59. The average Bonchev–Trinajstić information content (AvgIpc) is 2.81. The second-order valence-corrected chi connectivity index (χ2v) is 7.61. The SMILES string of the molecule is CC(C)(C)CC(NC(=O)Nc1nnc(C(F)(F)F)s1)(C(F)(F)F)C(F)(F)F. The van der Waals surface area contributed by atoms with Crippen molar-refractivity contribution in [3.05, 3.63) is 5.01 Å². The first-order chi connectivity index (χ1) is 11.8. The number of halogens is 9. The lowest BCUT2D eigenvalue weighted by Crippen LogP contribution is -2.69. The van der Waals surface area contributed by atoms with Gasteiger partial charge in [0.05, 0.1) is 0 Å². The van der Waals surface area contributed by atoms with E-state index in [0.29, 0.717) is 0 Å². The molecule has 1 rings (SSSR count). The Hall–Kier alpha value is -1.80. The number of nitrogens with zero attached hydrogens (tertiary/aromatic N) is 2. The number of hydrogen-bond acceptors (Lipinski definition) is 4. The maximum absolute atomic E-state index is 13.3. The number of carbonyl (C=O) groups is 1. The van der Waals surface area contributed by atoms with Crippen molar-refractivity contribution in [1.29, 1.82) is 0 Å². The Bertz CT molecular complexity index is 658. The molecule has 0 saturated carbocycles. The molecular formula is C12H13F9N4OS. The number of carbonyl (C=O) groups excluding carboxylic acids is 1. The van der Waals surface area contributed by atoms with Gasteiger partial charge >= 0.3 is 24.6 Å². The van der Waals surface area contributed by atoms with Gasteiger partial charge in [-0.25, -0.2) is 4.79 Å². The molecule has 156 valence electrons. The summed E-state index contributed by atoms with van der Waals surface area (Å²) in [4.78, 5) is 11.7. The number of urea groups is 1. The van der Waals surface area contributed by atoms with Crippen LogP contribution in [0, 0.1) is 5.41 Å². The van der Waals surface area contributed by atoms with E-state index in [2.05, 4.69) is 10.2 Å². The van der Waals surface area contributed by atoms with Gasteiger partial charge in [0.25, 0.3) is 0 Å². The van der Waals surface area contributed by atoms with E-state index in [9.17, 15) is 44.3 Å². The number of anilines is 1. The van der Waals surface area contributed by atoms with E-state index in [1.807, 2.05) is 0 Å². The van der Waals surface area contributed by atoms with Crippen molar-refractivity contribution >= 4 is 22.5 Å². The van der Waals surface area contributed by atoms with Gasteiger partial charge in [-0.3, -0.25) is 5.32 Å². The molecule has 0 saturated heterocycles. The van der Waals surface area contributed by atoms with Crippen LogP contribution in [0.5, 0.6) is 0 Å². The Kier molecular flexibility index (Phi) is 6.01. The number of nitrogens with one attached hydrogen (secondary N) is 2. The van der Waals surface area contributed by atoms with Gasteiger partial charge in [-0.2, -0.15) is 39.5 Å². The lowest BCUT2D eigenvalue weighted by atomic mass is 9.78. The highest BCUT2D eigenvalue weighted by molar-refractivity contribution is 7.15. The molecule has 0 aliphatic carbocycles. The lowest BCUT2D eigenvalue weighted by Gasteiger charge is -2.41. The minimum atomic E-state index is -5.94. The van der Waals surface area contributed by atoms with Crippen LogP contribution >= 0.6 is 11.3 Å². The third-order valence-corrected chi connectivity index (χ3v) is 3.86. The highest BCUT2D eigenvalue weighted by Gasteiger charge is 2.72. The van der Waals surface area contributed by atoms with Crippen molar-refractivity contribution in [2.75, 3.05) is 5.32 Å². The zero-order chi connectivity index (χ0) is 21.5. The van der Waals surface area contributed by atoms with Crippen molar-refractivity contribution in [2.24, 2.45) is 5.41 Å². The Morgan fingerprint density at radius 3 is 1.74 bits per heavy atom. The van der Waals surface area contributed by atoms with Crippen LogP contribution in [0.15, 0.2) is 0 Å². The number of rotatable bonds is 3. The molecule has 0 atom stereocenters. The zero-order valence-electron chi connectivity index (χ0n) is 13.8. The first-order valence-corrected chi connectivity index (χ1v) is 7.73. The van der Waals surface area contributed by atoms with E-state index in [-0.39, 0.29) is 11.3 Å². The molecule has 2 N–H and O–H groups in total. The highest BCUT2D eigenvalue weighted by atomic mass is 32.1. The first kappa shape index (κ1) is 23.2. The molecule has 27 heavy (non-hydrogen) atoms. The van der Waals surface area contributed by atoms with E-state index in [0.717, 1.165) is 26.1 Å².